The molecule has 2 heterocycles. The normalized spacial score (nSPS) is 12.0. The second kappa shape index (κ2) is 7.84. The van der Waals surface area contributed by atoms with Gasteiger partial charge in [0.1, 0.15) is 5.82 Å². The van der Waals surface area contributed by atoms with Crippen LogP contribution in [0.4, 0.5) is 5.82 Å². The molecule has 0 aliphatic rings. The van der Waals surface area contributed by atoms with Crippen LogP contribution >= 0.6 is 23.4 Å². The number of halogens is 1. The van der Waals surface area contributed by atoms with E-state index in [-0.39, 0.29) is 5.91 Å². The number of pyridine rings is 1. The molecule has 3 rings (SSSR count). The molecule has 7 nitrogen and oxygen atoms in total. The Balaban J connectivity index is 1.72. The lowest BCUT2D eigenvalue weighted by Gasteiger charge is -2.12. The van der Waals surface area contributed by atoms with Crippen LogP contribution in [0.1, 0.15) is 18.1 Å². The van der Waals surface area contributed by atoms with Gasteiger partial charge >= 0.3 is 0 Å². The summed E-state index contributed by atoms with van der Waals surface area (Å²) in [6, 6.07) is 9.30. The number of nitrogens with one attached hydrogen (secondary N) is 1. The van der Waals surface area contributed by atoms with Gasteiger partial charge in [-0.05, 0) is 66.6 Å². The zero-order chi connectivity index (χ0) is 18.7. The molecule has 0 unspecified atom stereocenters. The number of carbonyl (C=O) groups excluding carboxylic acids is 1. The molecule has 0 aliphatic heterocycles. The van der Waals surface area contributed by atoms with Crippen LogP contribution in [0.25, 0.3) is 5.69 Å². The number of hydrogen-bond acceptors (Lipinski definition) is 6. The summed E-state index contributed by atoms with van der Waals surface area (Å²) in [5, 5.41) is 15.2. The molecule has 9 heteroatoms. The van der Waals surface area contributed by atoms with E-state index in [1.54, 1.807) is 23.7 Å². The van der Waals surface area contributed by atoms with Gasteiger partial charge in [-0.3, -0.25) is 4.79 Å². The summed E-state index contributed by atoms with van der Waals surface area (Å²) in [6.07, 6.45) is 1.48. The number of nitrogens with zero attached hydrogens (tertiary/aromatic N) is 5. The van der Waals surface area contributed by atoms with Crippen molar-refractivity contribution in [1.29, 1.82) is 0 Å². The second-order valence-electron chi connectivity index (χ2n) is 5.75. The van der Waals surface area contributed by atoms with Gasteiger partial charge in [-0.2, -0.15) is 4.68 Å². The van der Waals surface area contributed by atoms with Crippen molar-refractivity contribution in [3.8, 4) is 5.69 Å². The fraction of sp³-hybridized carbons (Fsp3) is 0.235. The molecule has 1 aromatic carbocycles. The number of aryl methyl sites for hydroxylation is 2. The molecule has 26 heavy (non-hydrogen) atoms. The number of hydrogen-bond donors (Lipinski definition) is 1. The van der Waals surface area contributed by atoms with Gasteiger partial charge in [-0.25, -0.2) is 4.98 Å². The highest BCUT2D eigenvalue weighted by Crippen LogP contribution is 2.24. The Labute approximate surface area is 160 Å². The summed E-state index contributed by atoms with van der Waals surface area (Å²) < 4.78 is 1.63. The summed E-state index contributed by atoms with van der Waals surface area (Å²) in [5.41, 5.74) is 3.19. The molecule has 1 N–H and O–H groups in total. The lowest BCUT2D eigenvalue weighted by Crippen LogP contribution is -2.23. The van der Waals surface area contributed by atoms with Gasteiger partial charge in [-0.1, -0.05) is 29.4 Å². The minimum Gasteiger partial charge on any atom is -0.310 e. The van der Waals surface area contributed by atoms with Gasteiger partial charge in [-0.15, -0.1) is 5.10 Å². The van der Waals surface area contributed by atoms with Crippen LogP contribution in [0, 0.1) is 13.8 Å². The minimum atomic E-state index is -0.413. The van der Waals surface area contributed by atoms with E-state index < -0.39 is 5.25 Å². The Hall–Kier alpha value is -2.45. The van der Waals surface area contributed by atoms with Crippen LogP contribution in [0.2, 0.25) is 5.02 Å². The largest absolute Gasteiger partial charge is 0.310 e. The van der Waals surface area contributed by atoms with Crippen molar-refractivity contribution in [3.63, 3.8) is 0 Å². The maximum Gasteiger partial charge on any atom is 0.238 e. The van der Waals surface area contributed by atoms with E-state index in [9.17, 15) is 4.79 Å². The Bertz CT molecular complexity index is 927. The van der Waals surface area contributed by atoms with E-state index >= 15 is 0 Å². The minimum absolute atomic E-state index is 0.195. The molecular weight excluding hydrogens is 372 g/mol. The maximum absolute atomic E-state index is 12.4. The highest BCUT2D eigenvalue weighted by atomic mass is 35.5. The highest BCUT2D eigenvalue weighted by Gasteiger charge is 2.20. The molecule has 1 atom stereocenters. The number of amides is 1. The number of thioether (sulfide) groups is 1. The van der Waals surface area contributed by atoms with Crippen molar-refractivity contribution in [2.24, 2.45) is 0 Å². The van der Waals surface area contributed by atoms with E-state index in [0.29, 0.717) is 16.0 Å². The molecule has 0 aliphatic carbocycles. The fourth-order valence-electron chi connectivity index (χ4n) is 2.16. The number of rotatable bonds is 5. The predicted octanol–water partition coefficient (Wildman–Crippen LogP) is 3.45. The monoisotopic (exact) mass is 388 g/mol. The number of aromatic nitrogens is 5. The average Bonchev–Trinajstić information content (AvgIpc) is 3.07. The topological polar surface area (TPSA) is 85.6 Å². The highest BCUT2D eigenvalue weighted by molar-refractivity contribution is 8.00. The van der Waals surface area contributed by atoms with Gasteiger partial charge in [0.05, 0.1) is 16.0 Å². The molecule has 134 valence electrons. The van der Waals surface area contributed by atoms with Gasteiger partial charge in [0, 0.05) is 6.20 Å². The number of anilines is 1. The first-order valence-electron chi connectivity index (χ1n) is 7.89. The zero-order valence-electron chi connectivity index (χ0n) is 14.5. The zero-order valence-corrected chi connectivity index (χ0v) is 16.0. The third-order valence-electron chi connectivity index (χ3n) is 3.81. The van der Waals surface area contributed by atoms with Crippen molar-refractivity contribution in [2.75, 3.05) is 5.32 Å². The molecule has 1 amide bonds. The molecule has 0 saturated heterocycles. The third-order valence-corrected chi connectivity index (χ3v) is 5.06. The molecule has 0 fully saturated rings. The van der Waals surface area contributed by atoms with Gasteiger partial charge < -0.3 is 5.32 Å². The summed E-state index contributed by atoms with van der Waals surface area (Å²) in [4.78, 5) is 16.4. The van der Waals surface area contributed by atoms with Crippen LogP contribution in [-0.4, -0.2) is 36.3 Å². The fourth-order valence-corrected chi connectivity index (χ4v) is 3.08. The number of benzene rings is 1. The van der Waals surface area contributed by atoms with Crippen molar-refractivity contribution in [2.45, 2.75) is 31.2 Å². The Morgan fingerprint density at radius 1 is 1.23 bits per heavy atom. The first-order valence-corrected chi connectivity index (χ1v) is 9.15. The van der Waals surface area contributed by atoms with Gasteiger partial charge in [0.25, 0.3) is 0 Å². The number of carbonyl (C=O) groups is 1. The van der Waals surface area contributed by atoms with Crippen LogP contribution in [0.5, 0.6) is 0 Å². The molecule has 2 aromatic heterocycles. The average molecular weight is 389 g/mol. The molecule has 3 aromatic rings. The van der Waals surface area contributed by atoms with Crippen molar-refractivity contribution in [3.05, 3.63) is 52.7 Å². The summed E-state index contributed by atoms with van der Waals surface area (Å²) in [6.45, 7) is 5.87. The lowest BCUT2D eigenvalue weighted by atomic mass is 10.1. The van der Waals surface area contributed by atoms with Crippen LogP contribution in [0.15, 0.2) is 41.7 Å². The van der Waals surface area contributed by atoms with Crippen LogP contribution < -0.4 is 5.32 Å². The summed E-state index contributed by atoms with van der Waals surface area (Å²) in [5.74, 6) is 0.250. The molecule has 0 radical (unpaired) electrons. The quantitative estimate of drug-likeness (QED) is 0.674. The van der Waals surface area contributed by atoms with Crippen molar-refractivity contribution < 1.29 is 4.79 Å². The smallest absolute Gasteiger partial charge is 0.238 e. The molecular formula is C17H17ClN6OS. The first-order chi connectivity index (χ1) is 12.4. The van der Waals surface area contributed by atoms with Crippen LogP contribution in [0.3, 0.4) is 0 Å². The van der Waals surface area contributed by atoms with Crippen molar-refractivity contribution in [1.82, 2.24) is 25.2 Å². The number of tetrazole rings is 1. The van der Waals surface area contributed by atoms with Gasteiger partial charge in [0.2, 0.25) is 11.1 Å². The van der Waals surface area contributed by atoms with E-state index in [1.807, 2.05) is 32.0 Å². The standard InChI is InChI=1S/C17H17ClN6OS/c1-10-4-6-14(8-11(10)2)24-17(21-22-23-24)26-12(3)16(25)20-15-7-5-13(18)9-19-15/h4-9,12H,1-3H3,(H,19,20,25)/t12-/m0/s1. The third kappa shape index (κ3) is 4.20. The van der Waals surface area contributed by atoms with E-state index in [2.05, 4.69) is 25.8 Å². The SMILES string of the molecule is Cc1ccc(-n2nnnc2S[C@@H](C)C(=O)Nc2ccc(Cl)cn2)cc1C. The lowest BCUT2D eigenvalue weighted by molar-refractivity contribution is -0.115. The van der Waals surface area contributed by atoms with E-state index in [4.69, 9.17) is 11.6 Å². The Kier molecular flexibility index (Phi) is 5.53. The van der Waals surface area contributed by atoms with Crippen molar-refractivity contribution >= 4 is 35.1 Å². The van der Waals surface area contributed by atoms with E-state index in [0.717, 1.165) is 11.3 Å². The summed E-state index contributed by atoms with van der Waals surface area (Å²) >= 11 is 7.07. The molecule has 0 bridgehead atoms. The Morgan fingerprint density at radius 3 is 2.73 bits per heavy atom. The predicted molar refractivity (Wildman–Crippen MR) is 102 cm³/mol. The molecule has 0 spiro atoms. The maximum atomic E-state index is 12.4. The first kappa shape index (κ1) is 18.3. The Morgan fingerprint density at radius 2 is 2.04 bits per heavy atom. The van der Waals surface area contributed by atoms with Gasteiger partial charge in [0.15, 0.2) is 0 Å². The molecule has 0 saturated carbocycles. The van der Waals surface area contributed by atoms with E-state index in [1.165, 1.54) is 23.5 Å². The summed E-state index contributed by atoms with van der Waals surface area (Å²) in [7, 11) is 0. The second-order valence-corrected chi connectivity index (χ2v) is 7.50. The van der Waals surface area contributed by atoms with Crippen LogP contribution in [-0.2, 0) is 4.79 Å².